The number of likely N-dealkylation sites (N-methyl/N-ethyl adjacent to an activating group) is 2. The average Bonchev–Trinajstić information content (AvgIpc) is 3.13. The fourth-order valence-electron chi connectivity index (χ4n) is 4.39. The SMILES string of the molecule is CCN(C(=O)CN1CCN(C2CCCN(C)C2)CC1)c1nc2ccccc2s1. The van der Waals surface area contributed by atoms with Crippen molar-refractivity contribution in [1.29, 1.82) is 0 Å². The third kappa shape index (κ3) is 4.38. The number of piperidine rings is 1. The first-order valence-electron chi connectivity index (χ1n) is 10.4. The van der Waals surface area contributed by atoms with Gasteiger partial charge in [-0.3, -0.25) is 19.5 Å². The molecule has 3 heterocycles. The number of anilines is 1. The predicted octanol–water partition coefficient (Wildman–Crippen LogP) is 2.36. The molecule has 0 saturated carbocycles. The van der Waals surface area contributed by atoms with Gasteiger partial charge in [-0.1, -0.05) is 23.5 Å². The first-order chi connectivity index (χ1) is 13.6. The zero-order valence-corrected chi connectivity index (χ0v) is 17.8. The molecule has 0 bridgehead atoms. The van der Waals surface area contributed by atoms with Crippen LogP contribution in [0.3, 0.4) is 0 Å². The van der Waals surface area contributed by atoms with Gasteiger partial charge in [0.2, 0.25) is 5.91 Å². The molecule has 1 atom stereocenters. The lowest BCUT2D eigenvalue weighted by molar-refractivity contribution is -0.120. The summed E-state index contributed by atoms with van der Waals surface area (Å²) in [6.07, 6.45) is 2.61. The Balaban J connectivity index is 1.33. The van der Waals surface area contributed by atoms with Gasteiger partial charge < -0.3 is 4.90 Å². The van der Waals surface area contributed by atoms with Crippen molar-refractivity contribution >= 4 is 32.6 Å². The summed E-state index contributed by atoms with van der Waals surface area (Å²) in [6, 6.07) is 8.78. The van der Waals surface area contributed by atoms with Gasteiger partial charge in [-0.15, -0.1) is 0 Å². The number of benzene rings is 1. The van der Waals surface area contributed by atoms with Gasteiger partial charge in [0.15, 0.2) is 5.13 Å². The van der Waals surface area contributed by atoms with Crippen LogP contribution in [-0.4, -0.2) is 91.0 Å². The number of carbonyl (C=O) groups excluding carboxylic acids is 1. The second-order valence-electron chi connectivity index (χ2n) is 7.97. The quantitative estimate of drug-likeness (QED) is 0.770. The van der Waals surface area contributed by atoms with Crippen LogP contribution in [0.4, 0.5) is 5.13 Å². The lowest BCUT2D eigenvalue weighted by Crippen LogP contribution is -2.55. The fourth-order valence-corrected chi connectivity index (χ4v) is 5.44. The highest BCUT2D eigenvalue weighted by Crippen LogP contribution is 2.28. The molecule has 1 aromatic heterocycles. The molecule has 28 heavy (non-hydrogen) atoms. The molecule has 2 aliphatic rings. The third-order valence-electron chi connectivity index (χ3n) is 6.01. The van der Waals surface area contributed by atoms with Crippen LogP contribution in [0.15, 0.2) is 24.3 Å². The highest BCUT2D eigenvalue weighted by Gasteiger charge is 2.28. The number of nitrogens with zero attached hydrogens (tertiary/aromatic N) is 5. The van der Waals surface area contributed by atoms with E-state index in [1.807, 2.05) is 30.0 Å². The van der Waals surface area contributed by atoms with E-state index in [9.17, 15) is 4.79 Å². The van der Waals surface area contributed by atoms with Crippen LogP contribution >= 0.6 is 11.3 Å². The number of fused-ring (bicyclic) bond motifs is 1. The number of piperazine rings is 1. The molecule has 0 spiro atoms. The third-order valence-corrected chi connectivity index (χ3v) is 7.07. The second-order valence-corrected chi connectivity index (χ2v) is 8.98. The highest BCUT2D eigenvalue weighted by molar-refractivity contribution is 7.22. The van der Waals surface area contributed by atoms with E-state index in [1.165, 1.54) is 25.9 Å². The molecule has 2 aliphatic heterocycles. The Morgan fingerprint density at radius 3 is 2.71 bits per heavy atom. The van der Waals surface area contributed by atoms with Gasteiger partial charge in [0, 0.05) is 45.3 Å². The second kappa shape index (κ2) is 8.86. The molecular formula is C21H31N5OS. The number of amides is 1. The summed E-state index contributed by atoms with van der Waals surface area (Å²) in [7, 11) is 2.22. The van der Waals surface area contributed by atoms with Crippen LogP contribution in [0.5, 0.6) is 0 Å². The number of aromatic nitrogens is 1. The predicted molar refractivity (Wildman–Crippen MR) is 116 cm³/mol. The van der Waals surface area contributed by atoms with Gasteiger partial charge in [-0.2, -0.15) is 0 Å². The van der Waals surface area contributed by atoms with E-state index in [-0.39, 0.29) is 5.91 Å². The summed E-state index contributed by atoms with van der Waals surface area (Å²) >= 11 is 1.60. The number of hydrogen-bond donors (Lipinski definition) is 0. The summed E-state index contributed by atoms with van der Waals surface area (Å²) in [5.41, 5.74) is 0.972. The van der Waals surface area contributed by atoms with E-state index >= 15 is 0 Å². The average molecular weight is 402 g/mol. The summed E-state index contributed by atoms with van der Waals surface area (Å²) in [6.45, 7) is 9.67. The number of thiazole rings is 1. The van der Waals surface area contributed by atoms with Crippen LogP contribution in [0.25, 0.3) is 10.2 Å². The van der Waals surface area contributed by atoms with Crippen molar-refractivity contribution < 1.29 is 4.79 Å². The molecule has 0 N–H and O–H groups in total. The molecule has 2 saturated heterocycles. The molecule has 1 amide bonds. The smallest absolute Gasteiger partial charge is 0.242 e. The molecule has 0 radical (unpaired) electrons. The van der Waals surface area contributed by atoms with Crippen molar-refractivity contribution in [3.63, 3.8) is 0 Å². The normalized spacial score (nSPS) is 22.6. The Kier molecular flexibility index (Phi) is 6.25. The maximum absolute atomic E-state index is 13.0. The standard InChI is InChI=1S/C21H31N5OS/c1-3-26(21-22-18-8-4-5-9-19(18)28-21)20(27)16-24-11-13-25(14-12-24)17-7-6-10-23(2)15-17/h4-5,8-9,17H,3,6-7,10-16H2,1-2H3. The molecule has 152 valence electrons. The van der Waals surface area contributed by atoms with Gasteiger partial charge in [0.05, 0.1) is 16.8 Å². The van der Waals surface area contributed by atoms with E-state index in [0.29, 0.717) is 19.1 Å². The largest absolute Gasteiger partial charge is 0.305 e. The van der Waals surface area contributed by atoms with E-state index < -0.39 is 0 Å². The molecule has 1 unspecified atom stereocenters. The van der Waals surface area contributed by atoms with Crippen LogP contribution in [-0.2, 0) is 4.79 Å². The Morgan fingerprint density at radius 2 is 2.00 bits per heavy atom. The maximum atomic E-state index is 13.0. The van der Waals surface area contributed by atoms with Gasteiger partial charge >= 0.3 is 0 Å². The van der Waals surface area contributed by atoms with Crippen LogP contribution in [0, 0.1) is 0 Å². The maximum Gasteiger partial charge on any atom is 0.242 e. The Morgan fingerprint density at radius 1 is 1.21 bits per heavy atom. The van der Waals surface area contributed by atoms with E-state index in [2.05, 4.69) is 32.8 Å². The summed E-state index contributed by atoms with van der Waals surface area (Å²) in [5.74, 6) is 0.160. The number of hydrogen-bond acceptors (Lipinski definition) is 6. The zero-order chi connectivity index (χ0) is 19.5. The van der Waals surface area contributed by atoms with Crippen LogP contribution in [0.1, 0.15) is 19.8 Å². The first-order valence-corrected chi connectivity index (χ1v) is 11.3. The van der Waals surface area contributed by atoms with Crippen molar-refractivity contribution in [2.75, 3.05) is 64.3 Å². The molecular weight excluding hydrogens is 370 g/mol. The number of carbonyl (C=O) groups is 1. The Bertz CT molecular complexity index is 768. The summed E-state index contributed by atoms with van der Waals surface area (Å²) in [5, 5.41) is 0.817. The van der Waals surface area contributed by atoms with Crippen LogP contribution < -0.4 is 4.90 Å². The van der Waals surface area contributed by atoms with E-state index in [4.69, 9.17) is 0 Å². The molecule has 2 fully saturated rings. The van der Waals surface area contributed by atoms with Gasteiger partial charge in [0.25, 0.3) is 0 Å². The summed E-state index contributed by atoms with van der Waals surface area (Å²) < 4.78 is 1.13. The van der Waals surface area contributed by atoms with Crippen molar-refractivity contribution in [2.45, 2.75) is 25.8 Å². The highest BCUT2D eigenvalue weighted by atomic mass is 32.1. The van der Waals surface area contributed by atoms with Crippen molar-refractivity contribution in [2.24, 2.45) is 0 Å². The number of para-hydroxylation sites is 1. The topological polar surface area (TPSA) is 42.9 Å². The minimum absolute atomic E-state index is 0.160. The van der Waals surface area contributed by atoms with E-state index in [0.717, 1.165) is 41.5 Å². The summed E-state index contributed by atoms with van der Waals surface area (Å²) in [4.78, 5) is 26.9. The fraction of sp³-hybridized carbons (Fsp3) is 0.619. The van der Waals surface area contributed by atoms with Crippen molar-refractivity contribution in [1.82, 2.24) is 19.7 Å². The lowest BCUT2D eigenvalue weighted by atomic mass is 10.0. The van der Waals surface area contributed by atoms with Crippen molar-refractivity contribution in [3.8, 4) is 0 Å². The van der Waals surface area contributed by atoms with Crippen LogP contribution in [0.2, 0.25) is 0 Å². The zero-order valence-electron chi connectivity index (χ0n) is 17.0. The Labute approximate surface area is 171 Å². The van der Waals surface area contributed by atoms with Gasteiger partial charge in [-0.05, 0) is 45.5 Å². The number of rotatable bonds is 5. The molecule has 6 nitrogen and oxygen atoms in total. The molecule has 1 aromatic carbocycles. The molecule has 4 rings (SSSR count). The van der Waals surface area contributed by atoms with Crippen molar-refractivity contribution in [3.05, 3.63) is 24.3 Å². The monoisotopic (exact) mass is 401 g/mol. The van der Waals surface area contributed by atoms with Gasteiger partial charge in [-0.25, -0.2) is 4.98 Å². The minimum Gasteiger partial charge on any atom is -0.305 e. The Hall–Kier alpha value is -1.54. The first kappa shape index (κ1) is 19.8. The van der Waals surface area contributed by atoms with E-state index in [1.54, 1.807) is 11.3 Å². The van der Waals surface area contributed by atoms with Gasteiger partial charge in [0.1, 0.15) is 0 Å². The number of likely N-dealkylation sites (tertiary alicyclic amines) is 1. The minimum atomic E-state index is 0.160. The molecule has 2 aromatic rings. The lowest BCUT2D eigenvalue weighted by Gasteiger charge is -2.42. The molecule has 0 aliphatic carbocycles. The molecule has 7 heteroatoms.